The molecule has 1 aromatic rings. The number of esters is 1. The zero-order valence-electron chi connectivity index (χ0n) is 16.9. The number of carbonyl (C=O) groups excluding carboxylic acids is 1. The summed E-state index contributed by atoms with van der Waals surface area (Å²) in [5.41, 5.74) is 1.57. The molecule has 0 aliphatic rings. The standard InChI is InChI=1S/C20H31F2N3O3/c1-4-23-20(24-12-8-6-5-7-9-18(26)27-3)25-14-16-13-15(2)10-11-17(16)28-19(21)22/h10-11,13,19H,4-9,12,14H2,1-3H3,(H2,23,24,25). The average Bonchev–Trinajstić information content (AvgIpc) is 2.66. The lowest BCUT2D eigenvalue weighted by atomic mass is 10.1. The van der Waals surface area contributed by atoms with Gasteiger partial charge in [-0.3, -0.25) is 4.79 Å². The van der Waals surface area contributed by atoms with Crippen LogP contribution in [-0.4, -0.2) is 38.7 Å². The molecule has 8 heteroatoms. The Balaban J connectivity index is 2.49. The summed E-state index contributed by atoms with van der Waals surface area (Å²) >= 11 is 0. The molecule has 0 saturated carbocycles. The molecule has 28 heavy (non-hydrogen) atoms. The molecule has 2 N–H and O–H groups in total. The van der Waals surface area contributed by atoms with Gasteiger partial charge in [-0.05, 0) is 32.8 Å². The molecule has 1 aromatic carbocycles. The number of methoxy groups -OCH3 is 1. The van der Waals surface area contributed by atoms with Gasteiger partial charge in [0, 0.05) is 25.1 Å². The third kappa shape index (κ3) is 10.1. The Kier molecular flexibility index (Phi) is 11.6. The molecule has 0 aromatic heterocycles. The molecule has 0 unspecified atom stereocenters. The fourth-order valence-electron chi connectivity index (χ4n) is 2.61. The molecule has 158 valence electrons. The molecule has 0 saturated heterocycles. The third-order valence-electron chi connectivity index (χ3n) is 4.01. The van der Waals surface area contributed by atoms with Gasteiger partial charge in [-0.15, -0.1) is 0 Å². The Morgan fingerprint density at radius 2 is 1.93 bits per heavy atom. The Morgan fingerprint density at radius 3 is 2.61 bits per heavy atom. The second-order valence-electron chi connectivity index (χ2n) is 6.35. The van der Waals surface area contributed by atoms with Crippen molar-refractivity contribution in [3.05, 3.63) is 29.3 Å². The number of alkyl halides is 2. The van der Waals surface area contributed by atoms with Gasteiger partial charge in [0.15, 0.2) is 5.96 Å². The van der Waals surface area contributed by atoms with Crippen molar-refractivity contribution in [2.75, 3.05) is 20.2 Å². The van der Waals surface area contributed by atoms with E-state index < -0.39 is 6.61 Å². The molecule has 0 aliphatic heterocycles. The number of benzene rings is 1. The minimum absolute atomic E-state index is 0.144. The van der Waals surface area contributed by atoms with Gasteiger partial charge in [-0.25, -0.2) is 4.99 Å². The predicted molar refractivity (Wildman–Crippen MR) is 106 cm³/mol. The Morgan fingerprint density at radius 1 is 1.18 bits per heavy atom. The van der Waals surface area contributed by atoms with Crippen LogP contribution in [0, 0.1) is 6.92 Å². The number of nitrogens with one attached hydrogen (secondary N) is 2. The van der Waals surface area contributed by atoms with E-state index in [4.69, 9.17) is 0 Å². The van der Waals surface area contributed by atoms with Crippen molar-refractivity contribution in [1.82, 2.24) is 10.6 Å². The van der Waals surface area contributed by atoms with Gasteiger partial charge in [0.25, 0.3) is 0 Å². The number of hydrogen-bond acceptors (Lipinski definition) is 4. The molecular formula is C20H31F2N3O3. The first kappa shape index (κ1) is 23.7. The zero-order chi connectivity index (χ0) is 20.8. The van der Waals surface area contributed by atoms with E-state index in [0.717, 1.165) is 37.8 Å². The summed E-state index contributed by atoms with van der Waals surface area (Å²) in [6.45, 7) is 2.65. The van der Waals surface area contributed by atoms with Crippen LogP contribution in [0.3, 0.4) is 0 Å². The van der Waals surface area contributed by atoms with E-state index in [9.17, 15) is 13.6 Å². The highest BCUT2D eigenvalue weighted by Gasteiger charge is 2.10. The Labute approximate surface area is 165 Å². The van der Waals surface area contributed by atoms with Crippen molar-refractivity contribution in [3.63, 3.8) is 0 Å². The number of hydrogen-bond donors (Lipinski definition) is 2. The fourth-order valence-corrected chi connectivity index (χ4v) is 2.61. The van der Waals surface area contributed by atoms with Gasteiger partial charge in [0.1, 0.15) is 5.75 Å². The minimum Gasteiger partial charge on any atom is -0.469 e. The smallest absolute Gasteiger partial charge is 0.387 e. The molecule has 0 fully saturated rings. The monoisotopic (exact) mass is 399 g/mol. The van der Waals surface area contributed by atoms with E-state index in [1.54, 1.807) is 18.2 Å². The predicted octanol–water partition coefficient (Wildman–Crippen LogP) is 3.78. The van der Waals surface area contributed by atoms with Crippen molar-refractivity contribution in [1.29, 1.82) is 0 Å². The summed E-state index contributed by atoms with van der Waals surface area (Å²) in [7, 11) is 1.40. The minimum atomic E-state index is -2.86. The summed E-state index contributed by atoms with van der Waals surface area (Å²) in [6.07, 6.45) is 4.17. The maximum Gasteiger partial charge on any atom is 0.387 e. The first-order valence-corrected chi connectivity index (χ1v) is 9.59. The van der Waals surface area contributed by atoms with Crippen LogP contribution in [0.2, 0.25) is 0 Å². The molecule has 0 heterocycles. The van der Waals surface area contributed by atoms with Gasteiger partial charge in [-0.2, -0.15) is 8.78 Å². The van der Waals surface area contributed by atoms with Crippen LogP contribution in [0.1, 0.15) is 50.2 Å². The van der Waals surface area contributed by atoms with E-state index in [1.807, 2.05) is 13.8 Å². The van der Waals surface area contributed by atoms with Crippen LogP contribution in [-0.2, 0) is 16.1 Å². The lowest BCUT2D eigenvalue weighted by Gasteiger charge is -2.13. The van der Waals surface area contributed by atoms with Crippen molar-refractivity contribution < 1.29 is 23.0 Å². The maximum atomic E-state index is 12.6. The molecule has 0 amide bonds. The van der Waals surface area contributed by atoms with Crippen LogP contribution >= 0.6 is 0 Å². The van der Waals surface area contributed by atoms with E-state index in [0.29, 0.717) is 24.5 Å². The first-order chi connectivity index (χ1) is 13.5. The summed E-state index contributed by atoms with van der Waals surface area (Å²) in [5, 5.41) is 6.38. The van der Waals surface area contributed by atoms with E-state index in [1.165, 1.54) is 7.11 Å². The number of nitrogens with zero attached hydrogens (tertiary/aromatic N) is 1. The molecule has 0 aliphatic carbocycles. The maximum absolute atomic E-state index is 12.6. The van der Waals surface area contributed by atoms with Gasteiger partial charge >= 0.3 is 12.6 Å². The lowest BCUT2D eigenvalue weighted by Crippen LogP contribution is -2.37. The van der Waals surface area contributed by atoms with Gasteiger partial charge in [0.05, 0.1) is 13.7 Å². The second-order valence-corrected chi connectivity index (χ2v) is 6.35. The largest absolute Gasteiger partial charge is 0.469 e. The second kappa shape index (κ2) is 13.7. The number of ether oxygens (including phenoxy) is 2. The van der Waals surface area contributed by atoms with E-state index in [-0.39, 0.29) is 18.3 Å². The van der Waals surface area contributed by atoms with Crippen LogP contribution in [0.5, 0.6) is 5.75 Å². The van der Waals surface area contributed by atoms with Crippen LogP contribution in [0.25, 0.3) is 0 Å². The van der Waals surface area contributed by atoms with E-state index >= 15 is 0 Å². The highest BCUT2D eigenvalue weighted by atomic mass is 19.3. The molecular weight excluding hydrogens is 368 g/mol. The zero-order valence-corrected chi connectivity index (χ0v) is 16.9. The number of aryl methyl sites for hydroxylation is 1. The normalized spacial score (nSPS) is 11.4. The van der Waals surface area contributed by atoms with Crippen LogP contribution < -0.4 is 15.4 Å². The molecule has 0 atom stereocenters. The van der Waals surface area contributed by atoms with E-state index in [2.05, 4.69) is 25.1 Å². The summed E-state index contributed by atoms with van der Waals surface area (Å²) < 4.78 is 34.3. The summed E-state index contributed by atoms with van der Waals surface area (Å²) in [5.74, 6) is 0.596. The third-order valence-corrected chi connectivity index (χ3v) is 4.01. The number of halogens is 2. The molecule has 6 nitrogen and oxygen atoms in total. The fraction of sp³-hybridized carbons (Fsp3) is 0.600. The van der Waals surface area contributed by atoms with Gasteiger partial charge in [-0.1, -0.05) is 30.5 Å². The molecule has 0 spiro atoms. The molecule has 1 rings (SSSR count). The molecule has 0 radical (unpaired) electrons. The summed E-state index contributed by atoms with van der Waals surface area (Å²) in [4.78, 5) is 15.5. The van der Waals surface area contributed by atoms with Crippen LogP contribution in [0.15, 0.2) is 23.2 Å². The first-order valence-electron chi connectivity index (χ1n) is 9.59. The van der Waals surface area contributed by atoms with Gasteiger partial charge in [0.2, 0.25) is 0 Å². The lowest BCUT2D eigenvalue weighted by molar-refractivity contribution is -0.140. The topological polar surface area (TPSA) is 72.0 Å². The van der Waals surface area contributed by atoms with Crippen molar-refractivity contribution in [3.8, 4) is 5.75 Å². The highest BCUT2D eigenvalue weighted by Crippen LogP contribution is 2.22. The van der Waals surface area contributed by atoms with Crippen molar-refractivity contribution in [2.24, 2.45) is 4.99 Å². The Bertz CT molecular complexity index is 625. The number of aliphatic imine (C=N–C) groups is 1. The molecule has 0 bridgehead atoms. The highest BCUT2D eigenvalue weighted by molar-refractivity contribution is 5.79. The number of carbonyl (C=O) groups is 1. The quantitative estimate of drug-likeness (QED) is 0.242. The number of unbranched alkanes of at least 4 members (excludes halogenated alkanes) is 3. The van der Waals surface area contributed by atoms with Crippen LogP contribution in [0.4, 0.5) is 8.78 Å². The van der Waals surface area contributed by atoms with Gasteiger partial charge < -0.3 is 20.1 Å². The average molecular weight is 399 g/mol. The van der Waals surface area contributed by atoms with Crippen molar-refractivity contribution >= 4 is 11.9 Å². The number of guanidine groups is 1. The Hall–Kier alpha value is -2.38. The number of rotatable bonds is 12. The summed E-state index contributed by atoms with van der Waals surface area (Å²) in [6, 6.07) is 5.07. The van der Waals surface area contributed by atoms with Crippen molar-refractivity contribution in [2.45, 2.75) is 59.1 Å². The SMILES string of the molecule is CCNC(=NCc1cc(C)ccc1OC(F)F)NCCCCCCC(=O)OC.